The molecule has 0 unspecified atom stereocenters. The van der Waals surface area contributed by atoms with Gasteiger partial charge < -0.3 is 0 Å². The van der Waals surface area contributed by atoms with Gasteiger partial charge in [-0.15, -0.1) is 13.2 Å². The van der Waals surface area contributed by atoms with Crippen molar-refractivity contribution < 1.29 is 8.42 Å². The van der Waals surface area contributed by atoms with E-state index in [1.54, 1.807) is 26.0 Å². The number of rotatable bonds is 6. The lowest BCUT2D eigenvalue weighted by Gasteiger charge is -1.97. The predicted octanol–water partition coefficient (Wildman–Crippen LogP) is 3.36. The molecule has 0 aliphatic carbocycles. The average Bonchev–Trinajstić information content (AvgIpc) is 2.01. The fourth-order valence-electron chi connectivity index (χ4n) is 1.15. The average molecular weight is 226 g/mol. The van der Waals surface area contributed by atoms with Crippen LogP contribution >= 0.6 is 0 Å². The Labute approximate surface area is 92.6 Å². The Bertz CT molecular complexity index is 352. The summed E-state index contributed by atoms with van der Waals surface area (Å²) in [6.45, 7) is 10.7. The Kier molecular flexibility index (Phi) is 5.94. The van der Waals surface area contributed by atoms with E-state index in [0.717, 1.165) is 11.1 Å². The normalized spacial score (nSPS) is 13.7. The summed E-state index contributed by atoms with van der Waals surface area (Å²) in [5.74, 6) is 0. The summed E-state index contributed by atoms with van der Waals surface area (Å²) in [5, 5.41) is 2.56. The van der Waals surface area contributed by atoms with E-state index >= 15 is 0 Å². The van der Waals surface area contributed by atoms with Crippen LogP contribution in [-0.2, 0) is 9.84 Å². The molecule has 0 saturated heterocycles. The van der Waals surface area contributed by atoms with Crippen LogP contribution in [0, 0.1) is 0 Å². The maximum Gasteiger partial charge on any atom is 0.192 e. The van der Waals surface area contributed by atoms with Crippen molar-refractivity contribution in [3.63, 3.8) is 0 Å². The van der Waals surface area contributed by atoms with Crippen molar-refractivity contribution in [3.05, 3.63) is 47.3 Å². The topological polar surface area (TPSA) is 34.1 Å². The fraction of sp³-hybridized carbons (Fsp3) is 0.333. The van der Waals surface area contributed by atoms with E-state index in [1.807, 2.05) is 0 Å². The molecule has 15 heavy (non-hydrogen) atoms. The van der Waals surface area contributed by atoms with E-state index in [0.29, 0.717) is 12.8 Å². The number of sulfone groups is 1. The Balaban J connectivity index is 4.85. The maximum atomic E-state index is 11.6. The molecule has 0 atom stereocenters. The van der Waals surface area contributed by atoms with E-state index in [4.69, 9.17) is 0 Å². The fourth-order valence-corrected chi connectivity index (χ4v) is 2.53. The molecule has 3 heteroatoms. The smallest absolute Gasteiger partial charge is 0.192 e. The Morgan fingerprint density at radius 2 is 1.33 bits per heavy atom. The van der Waals surface area contributed by atoms with Crippen LogP contribution in [-0.4, -0.2) is 8.42 Å². The van der Waals surface area contributed by atoms with E-state index in [1.165, 1.54) is 10.8 Å². The van der Waals surface area contributed by atoms with Crippen LogP contribution in [0.2, 0.25) is 0 Å². The zero-order chi connectivity index (χ0) is 11.9. The van der Waals surface area contributed by atoms with Gasteiger partial charge >= 0.3 is 0 Å². The predicted molar refractivity (Wildman–Crippen MR) is 66.1 cm³/mol. The summed E-state index contributed by atoms with van der Waals surface area (Å²) in [7, 11) is -3.24. The van der Waals surface area contributed by atoms with Crippen molar-refractivity contribution in [2.75, 3.05) is 0 Å². The van der Waals surface area contributed by atoms with Gasteiger partial charge in [-0.25, -0.2) is 8.42 Å². The first kappa shape index (κ1) is 13.9. The molecule has 0 saturated carbocycles. The van der Waals surface area contributed by atoms with E-state index in [-0.39, 0.29) is 0 Å². The van der Waals surface area contributed by atoms with Crippen LogP contribution in [0.4, 0.5) is 0 Å². The SMILES string of the molecule is C=CCC(C)=CS(=O)(=O)C=C(C)CC=C. The second kappa shape index (κ2) is 6.40. The van der Waals surface area contributed by atoms with Crippen molar-refractivity contribution in [1.82, 2.24) is 0 Å². The third-order valence-electron chi connectivity index (χ3n) is 1.66. The largest absolute Gasteiger partial charge is 0.220 e. The molecule has 0 amide bonds. The first-order chi connectivity index (χ1) is 6.91. The van der Waals surface area contributed by atoms with Gasteiger partial charge in [-0.1, -0.05) is 23.3 Å². The molecule has 0 aromatic rings. The maximum absolute atomic E-state index is 11.6. The van der Waals surface area contributed by atoms with Crippen LogP contribution in [0.25, 0.3) is 0 Å². The van der Waals surface area contributed by atoms with Gasteiger partial charge in [0, 0.05) is 10.8 Å². The lowest BCUT2D eigenvalue weighted by molar-refractivity contribution is 0.612. The Hall–Kier alpha value is -1.09. The molecule has 2 nitrogen and oxygen atoms in total. The molecule has 0 fully saturated rings. The number of hydrogen-bond donors (Lipinski definition) is 0. The highest BCUT2D eigenvalue weighted by Gasteiger charge is 2.03. The molecule has 0 aromatic heterocycles. The number of allylic oxidation sites excluding steroid dienone is 4. The third kappa shape index (κ3) is 6.91. The van der Waals surface area contributed by atoms with E-state index < -0.39 is 9.84 Å². The summed E-state index contributed by atoms with van der Waals surface area (Å²) >= 11 is 0. The van der Waals surface area contributed by atoms with Gasteiger partial charge in [-0.05, 0) is 26.7 Å². The van der Waals surface area contributed by atoms with Gasteiger partial charge in [-0.3, -0.25) is 0 Å². The lowest BCUT2D eigenvalue weighted by Crippen LogP contribution is -1.92. The molecular formula is C12H18O2S. The monoisotopic (exact) mass is 226 g/mol. The standard InChI is InChI=1S/C12H18O2S/c1-5-7-11(3)9-15(13,14)10-12(4)8-6-2/h5-6,9-10H,1-2,7-8H2,3-4H3. The van der Waals surface area contributed by atoms with Crippen molar-refractivity contribution in [3.8, 4) is 0 Å². The molecule has 0 aliphatic heterocycles. The van der Waals surface area contributed by atoms with Crippen molar-refractivity contribution in [1.29, 1.82) is 0 Å². The van der Waals surface area contributed by atoms with Crippen molar-refractivity contribution in [2.45, 2.75) is 26.7 Å². The van der Waals surface area contributed by atoms with Gasteiger partial charge in [-0.2, -0.15) is 0 Å². The molecule has 0 spiro atoms. The van der Waals surface area contributed by atoms with Crippen LogP contribution < -0.4 is 0 Å². The van der Waals surface area contributed by atoms with Crippen molar-refractivity contribution in [2.24, 2.45) is 0 Å². The molecular weight excluding hydrogens is 208 g/mol. The number of hydrogen-bond acceptors (Lipinski definition) is 2. The van der Waals surface area contributed by atoms with E-state index in [9.17, 15) is 8.42 Å². The summed E-state index contributed by atoms with van der Waals surface area (Å²) in [4.78, 5) is 0. The zero-order valence-corrected chi connectivity index (χ0v) is 10.2. The quantitative estimate of drug-likeness (QED) is 0.651. The Morgan fingerprint density at radius 1 is 1.00 bits per heavy atom. The van der Waals surface area contributed by atoms with Crippen LogP contribution in [0.5, 0.6) is 0 Å². The molecule has 0 aromatic carbocycles. The van der Waals surface area contributed by atoms with Crippen LogP contribution in [0.1, 0.15) is 26.7 Å². The summed E-state index contributed by atoms with van der Waals surface area (Å²) in [5.41, 5.74) is 1.57. The second-order valence-electron chi connectivity index (χ2n) is 3.50. The molecule has 0 bridgehead atoms. The van der Waals surface area contributed by atoms with Crippen molar-refractivity contribution >= 4 is 9.84 Å². The highest BCUT2D eigenvalue weighted by Crippen LogP contribution is 2.10. The molecule has 84 valence electrons. The van der Waals surface area contributed by atoms with Gasteiger partial charge in [0.25, 0.3) is 0 Å². The summed E-state index contributed by atoms with van der Waals surface area (Å²) < 4.78 is 23.2. The first-order valence-corrected chi connectivity index (χ1v) is 6.33. The highest BCUT2D eigenvalue weighted by atomic mass is 32.2. The van der Waals surface area contributed by atoms with Gasteiger partial charge in [0.1, 0.15) is 0 Å². The first-order valence-electron chi connectivity index (χ1n) is 4.72. The summed E-state index contributed by atoms with van der Waals surface area (Å²) in [6.07, 6.45) is 4.55. The molecule has 0 rings (SSSR count). The van der Waals surface area contributed by atoms with Gasteiger partial charge in [0.05, 0.1) is 0 Å². The summed E-state index contributed by atoms with van der Waals surface area (Å²) in [6, 6.07) is 0. The minimum Gasteiger partial charge on any atom is -0.220 e. The molecule has 0 N–H and O–H groups in total. The lowest BCUT2D eigenvalue weighted by atomic mass is 10.2. The molecule has 0 heterocycles. The van der Waals surface area contributed by atoms with Crippen LogP contribution in [0.15, 0.2) is 47.3 Å². The zero-order valence-electron chi connectivity index (χ0n) is 9.36. The molecule has 0 aliphatic rings. The highest BCUT2D eigenvalue weighted by molar-refractivity contribution is 7.97. The minimum atomic E-state index is -3.24. The van der Waals surface area contributed by atoms with Crippen LogP contribution in [0.3, 0.4) is 0 Å². The van der Waals surface area contributed by atoms with E-state index in [2.05, 4.69) is 13.2 Å². The second-order valence-corrected chi connectivity index (χ2v) is 5.15. The van der Waals surface area contributed by atoms with Gasteiger partial charge in [0.2, 0.25) is 0 Å². The molecule has 0 radical (unpaired) electrons. The van der Waals surface area contributed by atoms with Gasteiger partial charge in [0.15, 0.2) is 9.84 Å². The third-order valence-corrected chi connectivity index (χ3v) is 3.13. The minimum absolute atomic E-state index is 0.591. The Morgan fingerprint density at radius 3 is 1.60 bits per heavy atom.